The van der Waals surface area contributed by atoms with Gasteiger partial charge in [-0.15, -0.1) is 0 Å². The first-order valence-corrected chi connectivity index (χ1v) is 8.17. The van der Waals surface area contributed by atoms with Crippen LogP contribution < -0.4 is 5.32 Å². The Morgan fingerprint density at radius 3 is 2.09 bits per heavy atom. The fourth-order valence-corrected chi connectivity index (χ4v) is 2.30. The van der Waals surface area contributed by atoms with E-state index in [0.29, 0.717) is 12.1 Å². The number of benzene rings is 1. The highest BCUT2D eigenvalue weighted by Gasteiger charge is 2.08. The molecule has 1 N–H and O–H groups in total. The molecule has 0 spiro atoms. The molecule has 0 unspecified atom stereocenters. The van der Waals surface area contributed by atoms with Gasteiger partial charge in [0.2, 0.25) is 0 Å². The SMILES string of the molecule is CCCCCCCCCCNC(=O)c1ccc([N+](=O)[O-])cc1. The maximum atomic E-state index is 11.9. The number of nitrogens with one attached hydrogen (secondary N) is 1. The second-order valence-electron chi connectivity index (χ2n) is 5.53. The van der Waals surface area contributed by atoms with E-state index in [-0.39, 0.29) is 11.6 Å². The molecule has 1 rings (SSSR count). The van der Waals surface area contributed by atoms with Gasteiger partial charge in [-0.1, -0.05) is 51.9 Å². The van der Waals surface area contributed by atoms with E-state index in [1.807, 2.05) is 0 Å². The molecule has 0 radical (unpaired) electrons. The molecule has 0 aliphatic carbocycles. The Bertz CT molecular complexity index is 457. The van der Waals surface area contributed by atoms with Crippen molar-refractivity contribution in [2.75, 3.05) is 6.54 Å². The molecule has 0 bridgehead atoms. The number of hydrogen-bond acceptors (Lipinski definition) is 3. The van der Waals surface area contributed by atoms with Crippen LogP contribution in [0.25, 0.3) is 0 Å². The second-order valence-corrected chi connectivity index (χ2v) is 5.53. The van der Waals surface area contributed by atoms with Crippen LogP contribution in [0.2, 0.25) is 0 Å². The maximum Gasteiger partial charge on any atom is 0.269 e. The van der Waals surface area contributed by atoms with Crippen molar-refractivity contribution >= 4 is 11.6 Å². The number of nitrogens with zero attached hydrogens (tertiary/aromatic N) is 1. The van der Waals surface area contributed by atoms with E-state index in [0.717, 1.165) is 12.8 Å². The van der Waals surface area contributed by atoms with E-state index in [4.69, 9.17) is 0 Å². The first-order chi connectivity index (χ1) is 10.6. The third-order valence-electron chi connectivity index (χ3n) is 3.66. The van der Waals surface area contributed by atoms with E-state index in [2.05, 4.69) is 12.2 Å². The van der Waals surface area contributed by atoms with Crippen LogP contribution in [0.5, 0.6) is 0 Å². The minimum Gasteiger partial charge on any atom is -0.352 e. The molecule has 0 aromatic heterocycles. The van der Waals surface area contributed by atoms with Crippen molar-refractivity contribution in [3.63, 3.8) is 0 Å². The Morgan fingerprint density at radius 1 is 1.00 bits per heavy atom. The van der Waals surface area contributed by atoms with Crippen LogP contribution in [0.1, 0.15) is 68.6 Å². The lowest BCUT2D eigenvalue weighted by atomic mass is 10.1. The number of amides is 1. The third kappa shape index (κ3) is 7.20. The Hall–Kier alpha value is -1.91. The normalized spacial score (nSPS) is 10.4. The van der Waals surface area contributed by atoms with Crippen LogP contribution in [-0.4, -0.2) is 17.4 Å². The molecule has 0 saturated heterocycles. The predicted octanol–water partition coefficient (Wildman–Crippen LogP) is 4.47. The first-order valence-electron chi connectivity index (χ1n) is 8.17. The molecule has 0 aliphatic rings. The van der Waals surface area contributed by atoms with Crippen molar-refractivity contribution < 1.29 is 9.72 Å². The summed E-state index contributed by atoms with van der Waals surface area (Å²) in [5, 5.41) is 13.4. The molecule has 0 fully saturated rings. The molecule has 122 valence electrons. The summed E-state index contributed by atoms with van der Waals surface area (Å²) < 4.78 is 0. The summed E-state index contributed by atoms with van der Waals surface area (Å²) in [5.41, 5.74) is 0.463. The van der Waals surface area contributed by atoms with E-state index in [1.54, 1.807) is 0 Å². The Morgan fingerprint density at radius 2 is 1.55 bits per heavy atom. The van der Waals surface area contributed by atoms with Crippen molar-refractivity contribution in [3.8, 4) is 0 Å². The zero-order valence-electron chi connectivity index (χ0n) is 13.3. The summed E-state index contributed by atoms with van der Waals surface area (Å²) in [7, 11) is 0. The van der Waals surface area contributed by atoms with Crippen LogP contribution in [0.3, 0.4) is 0 Å². The van der Waals surface area contributed by atoms with E-state index < -0.39 is 4.92 Å². The Kier molecular flexibility index (Phi) is 8.88. The molecule has 0 atom stereocenters. The summed E-state index contributed by atoms with van der Waals surface area (Å²) in [5.74, 6) is -0.169. The summed E-state index contributed by atoms with van der Waals surface area (Å²) in [4.78, 5) is 21.9. The number of unbranched alkanes of at least 4 members (excludes halogenated alkanes) is 7. The van der Waals surface area contributed by atoms with Crippen molar-refractivity contribution in [2.24, 2.45) is 0 Å². The monoisotopic (exact) mass is 306 g/mol. The van der Waals surface area contributed by atoms with Crippen molar-refractivity contribution in [1.82, 2.24) is 5.32 Å². The molecule has 0 saturated carbocycles. The van der Waals surface area contributed by atoms with Crippen molar-refractivity contribution in [3.05, 3.63) is 39.9 Å². The highest BCUT2D eigenvalue weighted by Crippen LogP contribution is 2.12. The number of nitro benzene ring substituents is 1. The smallest absolute Gasteiger partial charge is 0.269 e. The van der Waals surface area contributed by atoms with Gasteiger partial charge in [-0.2, -0.15) is 0 Å². The minimum atomic E-state index is -0.470. The third-order valence-corrected chi connectivity index (χ3v) is 3.66. The standard InChI is InChI=1S/C17H26N2O3/c1-2-3-4-5-6-7-8-9-14-18-17(20)15-10-12-16(13-11-15)19(21)22/h10-13H,2-9,14H2,1H3,(H,18,20). The van der Waals surface area contributed by atoms with Crippen molar-refractivity contribution in [2.45, 2.75) is 58.3 Å². The minimum absolute atomic E-state index is 0.000349. The average Bonchev–Trinajstić information content (AvgIpc) is 2.53. The number of nitro groups is 1. The Labute approximate surface area is 132 Å². The topological polar surface area (TPSA) is 72.2 Å². The van der Waals surface area contributed by atoms with Gasteiger partial charge in [0.15, 0.2) is 0 Å². The van der Waals surface area contributed by atoms with Gasteiger partial charge < -0.3 is 5.32 Å². The average molecular weight is 306 g/mol. The van der Waals surface area contributed by atoms with Gasteiger partial charge in [-0.25, -0.2) is 0 Å². The van der Waals surface area contributed by atoms with Gasteiger partial charge in [0, 0.05) is 24.2 Å². The predicted molar refractivity (Wildman–Crippen MR) is 88.0 cm³/mol. The molecule has 1 aromatic carbocycles. The van der Waals surface area contributed by atoms with Gasteiger partial charge in [0.25, 0.3) is 11.6 Å². The summed E-state index contributed by atoms with van der Waals surface area (Å²) in [6.45, 7) is 2.87. The fraction of sp³-hybridized carbons (Fsp3) is 0.588. The van der Waals surface area contributed by atoms with Gasteiger partial charge in [-0.05, 0) is 18.6 Å². The number of carbonyl (C=O) groups is 1. The van der Waals surface area contributed by atoms with Gasteiger partial charge >= 0.3 is 0 Å². The number of hydrogen-bond donors (Lipinski definition) is 1. The Balaban J connectivity index is 2.12. The largest absolute Gasteiger partial charge is 0.352 e. The maximum absolute atomic E-state index is 11.9. The van der Waals surface area contributed by atoms with Gasteiger partial charge in [-0.3, -0.25) is 14.9 Å². The number of carbonyl (C=O) groups excluding carboxylic acids is 1. The van der Waals surface area contributed by atoms with Crippen molar-refractivity contribution in [1.29, 1.82) is 0 Å². The van der Waals surface area contributed by atoms with E-state index >= 15 is 0 Å². The van der Waals surface area contributed by atoms with Gasteiger partial charge in [0.05, 0.1) is 4.92 Å². The number of rotatable bonds is 11. The van der Waals surface area contributed by atoms with E-state index in [9.17, 15) is 14.9 Å². The van der Waals surface area contributed by atoms with Crippen LogP contribution in [-0.2, 0) is 0 Å². The quantitative estimate of drug-likeness (QED) is 0.372. The molecule has 1 amide bonds. The number of non-ortho nitro benzene ring substituents is 1. The second kappa shape index (κ2) is 10.8. The van der Waals surface area contributed by atoms with Crippen LogP contribution in [0, 0.1) is 10.1 Å². The highest BCUT2D eigenvalue weighted by molar-refractivity contribution is 5.94. The summed E-state index contributed by atoms with van der Waals surface area (Å²) in [6.07, 6.45) is 9.84. The molecule has 1 aromatic rings. The lowest BCUT2D eigenvalue weighted by Gasteiger charge is -2.05. The van der Waals surface area contributed by atoms with Crippen LogP contribution in [0.4, 0.5) is 5.69 Å². The van der Waals surface area contributed by atoms with Gasteiger partial charge in [0.1, 0.15) is 0 Å². The molecule has 5 nitrogen and oxygen atoms in total. The lowest BCUT2D eigenvalue weighted by molar-refractivity contribution is -0.384. The molecule has 0 heterocycles. The zero-order valence-corrected chi connectivity index (χ0v) is 13.3. The molecule has 22 heavy (non-hydrogen) atoms. The lowest BCUT2D eigenvalue weighted by Crippen LogP contribution is -2.24. The molecule has 5 heteroatoms. The summed E-state index contributed by atoms with van der Waals surface area (Å²) in [6, 6.07) is 5.68. The first kappa shape index (κ1) is 18.1. The summed E-state index contributed by atoms with van der Waals surface area (Å²) >= 11 is 0. The molecule has 0 aliphatic heterocycles. The highest BCUT2D eigenvalue weighted by atomic mass is 16.6. The molecular formula is C17H26N2O3. The van der Waals surface area contributed by atoms with Crippen LogP contribution >= 0.6 is 0 Å². The zero-order chi connectivity index (χ0) is 16.2. The van der Waals surface area contributed by atoms with Crippen LogP contribution in [0.15, 0.2) is 24.3 Å². The molecular weight excluding hydrogens is 280 g/mol. The fourth-order valence-electron chi connectivity index (χ4n) is 2.30. The van der Waals surface area contributed by atoms with E-state index in [1.165, 1.54) is 62.8 Å².